The maximum absolute atomic E-state index is 5.20. The second kappa shape index (κ2) is 2.42. The molecule has 0 aliphatic carbocycles. The number of anilines is 1. The molecule has 0 unspecified atom stereocenters. The number of nitrogen functional groups attached to an aromatic ring is 1. The molecule has 0 aliphatic heterocycles. The van der Waals surface area contributed by atoms with Crippen molar-refractivity contribution < 1.29 is 0 Å². The van der Waals surface area contributed by atoms with Crippen LogP contribution in [0, 0.1) is 6.92 Å². The lowest BCUT2D eigenvalue weighted by molar-refractivity contribution is 0.893. The second-order valence-corrected chi connectivity index (χ2v) is 2.41. The van der Waals surface area contributed by atoms with Crippen LogP contribution in [-0.4, -0.2) is 19.8 Å². The number of aryl methyl sites for hydroxylation is 1. The molecule has 0 aliphatic rings. The van der Waals surface area contributed by atoms with Crippen LogP contribution in [-0.2, 0) is 0 Å². The van der Waals surface area contributed by atoms with Gasteiger partial charge in [0.15, 0.2) is 5.65 Å². The predicted molar refractivity (Wildman–Crippen MR) is 43.3 cm³/mol. The summed E-state index contributed by atoms with van der Waals surface area (Å²) in [7, 11) is 0. The van der Waals surface area contributed by atoms with Crippen LogP contribution in [0.4, 0.5) is 5.95 Å². The van der Waals surface area contributed by atoms with Crippen molar-refractivity contribution in [1.82, 2.24) is 19.8 Å². The smallest absolute Gasteiger partial charge is 0.260 e. The first-order valence-electron chi connectivity index (χ1n) is 3.47. The van der Waals surface area contributed by atoms with Crippen LogP contribution >= 0.6 is 0 Å². The topological polar surface area (TPSA) is 81.1 Å². The van der Waals surface area contributed by atoms with Crippen molar-refractivity contribution in [3.05, 3.63) is 17.8 Å². The minimum absolute atomic E-state index is 0.439. The summed E-state index contributed by atoms with van der Waals surface area (Å²) < 4.78 is 1.55. The fraction of sp³-hybridized carbons (Fsp3) is 0.167. The number of rotatable bonds is 1. The molecule has 62 valence electrons. The highest BCUT2D eigenvalue weighted by molar-refractivity contribution is 5.42. The molecule has 0 bridgehead atoms. The second-order valence-electron chi connectivity index (χ2n) is 2.41. The minimum Gasteiger partial charge on any atom is -0.291 e. The third-order valence-corrected chi connectivity index (χ3v) is 1.53. The van der Waals surface area contributed by atoms with Gasteiger partial charge in [-0.3, -0.25) is 5.43 Å². The van der Waals surface area contributed by atoms with Crippen molar-refractivity contribution in [3.63, 3.8) is 0 Å². The molecule has 0 aromatic carbocycles. The van der Waals surface area contributed by atoms with Gasteiger partial charge in [0.1, 0.15) is 0 Å². The Kier molecular flexibility index (Phi) is 1.41. The molecule has 3 N–H and O–H groups in total. The van der Waals surface area contributed by atoms with Crippen molar-refractivity contribution in [2.24, 2.45) is 5.84 Å². The first kappa shape index (κ1) is 6.99. The van der Waals surface area contributed by atoms with Gasteiger partial charge in [0.25, 0.3) is 5.95 Å². The highest BCUT2D eigenvalue weighted by Crippen LogP contribution is 2.04. The van der Waals surface area contributed by atoms with E-state index < -0.39 is 0 Å². The number of nitrogens with two attached hydrogens (primary N) is 1. The van der Waals surface area contributed by atoms with Gasteiger partial charge < -0.3 is 0 Å². The fourth-order valence-electron chi connectivity index (χ4n) is 0.971. The van der Waals surface area contributed by atoms with Crippen LogP contribution in [0.25, 0.3) is 5.65 Å². The predicted octanol–water partition coefficient (Wildman–Crippen LogP) is -0.282. The summed E-state index contributed by atoms with van der Waals surface area (Å²) in [5.74, 6) is 5.64. The number of aromatic nitrogens is 4. The molecule has 6 nitrogen and oxygen atoms in total. The summed E-state index contributed by atoms with van der Waals surface area (Å²) in [6.07, 6.45) is 0. The van der Waals surface area contributed by atoms with Gasteiger partial charge in [-0.2, -0.15) is 9.61 Å². The maximum Gasteiger partial charge on any atom is 0.260 e. The van der Waals surface area contributed by atoms with Gasteiger partial charge in [-0.05, 0) is 19.1 Å². The average Bonchev–Trinajstić information content (AvgIpc) is 2.46. The molecule has 0 amide bonds. The third kappa shape index (κ3) is 0.892. The molecular weight excluding hydrogens is 156 g/mol. The van der Waals surface area contributed by atoms with Crippen molar-refractivity contribution in [2.45, 2.75) is 6.92 Å². The van der Waals surface area contributed by atoms with Crippen molar-refractivity contribution in [2.75, 3.05) is 5.43 Å². The van der Waals surface area contributed by atoms with Crippen LogP contribution < -0.4 is 11.3 Å². The number of nitrogens with zero attached hydrogens (tertiary/aromatic N) is 4. The lowest BCUT2D eigenvalue weighted by Gasteiger charge is -1.96. The number of hydrogen-bond donors (Lipinski definition) is 2. The average molecular weight is 164 g/mol. The molecule has 0 radical (unpaired) electrons. The monoisotopic (exact) mass is 164 g/mol. The molecule has 2 aromatic rings. The van der Waals surface area contributed by atoms with Gasteiger partial charge in [-0.1, -0.05) is 0 Å². The van der Waals surface area contributed by atoms with E-state index in [9.17, 15) is 0 Å². The van der Waals surface area contributed by atoms with Gasteiger partial charge in [0.2, 0.25) is 0 Å². The van der Waals surface area contributed by atoms with Crippen molar-refractivity contribution in [1.29, 1.82) is 0 Å². The maximum atomic E-state index is 5.20. The Morgan fingerprint density at radius 3 is 3.00 bits per heavy atom. The Balaban J connectivity index is 2.75. The number of fused-ring (bicyclic) bond motifs is 1. The van der Waals surface area contributed by atoms with Crippen LogP contribution in [0.1, 0.15) is 5.69 Å². The van der Waals surface area contributed by atoms with E-state index in [0.717, 1.165) is 5.69 Å². The quantitative estimate of drug-likeness (QED) is 0.447. The molecule has 0 saturated carbocycles. The lowest BCUT2D eigenvalue weighted by atomic mass is 10.4. The first-order valence-corrected chi connectivity index (χ1v) is 3.47. The zero-order valence-electron chi connectivity index (χ0n) is 6.52. The molecular formula is C6H8N6. The zero-order valence-corrected chi connectivity index (χ0v) is 6.52. The van der Waals surface area contributed by atoms with Gasteiger partial charge in [0.05, 0.1) is 5.69 Å². The first-order chi connectivity index (χ1) is 5.81. The van der Waals surface area contributed by atoms with E-state index in [1.54, 1.807) is 4.52 Å². The van der Waals surface area contributed by atoms with E-state index in [2.05, 4.69) is 20.7 Å². The summed E-state index contributed by atoms with van der Waals surface area (Å²) in [5.41, 5.74) is 3.97. The number of hydrogen-bond acceptors (Lipinski definition) is 5. The van der Waals surface area contributed by atoms with Gasteiger partial charge in [-0.25, -0.2) is 5.84 Å². The molecule has 0 saturated heterocycles. The van der Waals surface area contributed by atoms with Crippen LogP contribution in [0.15, 0.2) is 12.1 Å². The van der Waals surface area contributed by atoms with Gasteiger partial charge in [0, 0.05) is 0 Å². The van der Waals surface area contributed by atoms with Crippen LogP contribution in [0.5, 0.6) is 0 Å². The van der Waals surface area contributed by atoms with E-state index in [0.29, 0.717) is 11.6 Å². The molecule has 0 spiro atoms. The molecule has 2 heterocycles. The fourth-order valence-corrected chi connectivity index (χ4v) is 0.971. The van der Waals surface area contributed by atoms with Crippen LogP contribution in [0.3, 0.4) is 0 Å². The highest BCUT2D eigenvalue weighted by Gasteiger charge is 2.03. The van der Waals surface area contributed by atoms with Crippen molar-refractivity contribution in [3.8, 4) is 0 Å². The molecule has 12 heavy (non-hydrogen) atoms. The normalized spacial score (nSPS) is 10.5. The largest absolute Gasteiger partial charge is 0.291 e. The Labute approximate surface area is 68.4 Å². The highest BCUT2D eigenvalue weighted by atomic mass is 15.5. The minimum atomic E-state index is 0.439. The van der Waals surface area contributed by atoms with Crippen LogP contribution in [0.2, 0.25) is 0 Å². The Morgan fingerprint density at radius 1 is 1.42 bits per heavy atom. The lowest BCUT2D eigenvalue weighted by Crippen LogP contribution is -2.11. The molecule has 0 fully saturated rings. The van der Waals surface area contributed by atoms with E-state index in [-0.39, 0.29) is 0 Å². The zero-order chi connectivity index (χ0) is 8.55. The molecule has 2 rings (SSSR count). The van der Waals surface area contributed by atoms with Crippen molar-refractivity contribution >= 4 is 11.6 Å². The number of nitrogens with one attached hydrogen (secondary N) is 1. The summed E-state index contributed by atoms with van der Waals surface area (Å²) in [4.78, 5) is 0. The Bertz CT molecular complexity index is 405. The Hall–Kier alpha value is -1.69. The standard InChI is InChI=1S/C6H8N6/c1-4-2-3-5-9-10-6(8-7)12(5)11-4/h2-3H,7H2,1H3,(H,8,10). The molecule has 6 heteroatoms. The third-order valence-electron chi connectivity index (χ3n) is 1.53. The van der Waals surface area contributed by atoms with E-state index >= 15 is 0 Å². The van der Waals surface area contributed by atoms with E-state index in [4.69, 9.17) is 5.84 Å². The number of hydrazine groups is 1. The summed E-state index contributed by atoms with van der Waals surface area (Å²) in [6, 6.07) is 3.69. The van der Waals surface area contributed by atoms with Gasteiger partial charge >= 0.3 is 0 Å². The summed E-state index contributed by atoms with van der Waals surface area (Å²) in [6.45, 7) is 1.89. The molecule has 2 aromatic heterocycles. The van der Waals surface area contributed by atoms with E-state index in [1.807, 2.05) is 19.1 Å². The SMILES string of the molecule is Cc1ccc2nnc(NN)n2n1. The summed E-state index contributed by atoms with van der Waals surface area (Å²) in [5, 5.41) is 11.8. The molecule has 0 atom stereocenters. The summed E-state index contributed by atoms with van der Waals surface area (Å²) >= 11 is 0. The van der Waals surface area contributed by atoms with E-state index in [1.165, 1.54) is 0 Å². The Morgan fingerprint density at radius 2 is 2.25 bits per heavy atom. The van der Waals surface area contributed by atoms with Gasteiger partial charge in [-0.15, -0.1) is 10.2 Å².